The number of hydrogen-bond acceptors (Lipinski definition) is 2. The summed E-state index contributed by atoms with van der Waals surface area (Å²) in [6.07, 6.45) is 0.227. The summed E-state index contributed by atoms with van der Waals surface area (Å²) < 4.78 is 31.0. The van der Waals surface area contributed by atoms with Crippen LogP contribution in [0.2, 0.25) is 0 Å². The first-order chi connectivity index (χ1) is 7.04. The minimum atomic E-state index is -0.662. The van der Waals surface area contributed by atoms with Crippen LogP contribution < -0.4 is 4.74 Å². The highest BCUT2D eigenvalue weighted by molar-refractivity contribution is 5.35. The van der Waals surface area contributed by atoms with E-state index in [1.54, 1.807) is 6.92 Å². The molecule has 0 saturated carbocycles. The molecule has 0 amide bonds. The van der Waals surface area contributed by atoms with Gasteiger partial charge in [0.1, 0.15) is 17.4 Å². The zero-order valence-corrected chi connectivity index (χ0v) is 8.76. The van der Waals surface area contributed by atoms with Crippen molar-refractivity contribution >= 4 is 0 Å². The first-order valence-corrected chi connectivity index (χ1v) is 4.74. The minimum Gasteiger partial charge on any atom is -0.496 e. The van der Waals surface area contributed by atoms with Crippen molar-refractivity contribution in [2.75, 3.05) is 7.11 Å². The van der Waals surface area contributed by atoms with Crippen molar-refractivity contribution in [3.8, 4) is 5.75 Å². The summed E-state index contributed by atoms with van der Waals surface area (Å²) in [5, 5.41) is 9.09. The Morgan fingerprint density at radius 2 is 2.07 bits per heavy atom. The lowest BCUT2D eigenvalue weighted by molar-refractivity contribution is 0.184. The molecule has 0 unspecified atom stereocenters. The molecule has 0 aliphatic carbocycles. The number of aliphatic hydroxyl groups excluding tert-OH is 1. The molecular weight excluding hydrogens is 202 g/mol. The zero-order valence-electron chi connectivity index (χ0n) is 8.76. The molecule has 1 aromatic rings. The van der Waals surface area contributed by atoms with Crippen molar-refractivity contribution in [3.05, 3.63) is 29.3 Å². The van der Waals surface area contributed by atoms with Gasteiger partial charge in [-0.05, 0) is 19.8 Å². The van der Waals surface area contributed by atoms with Crippen LogP contribution in [0, 0.1) is 11.6 Å². The maximum absolute atomic E-state index is 13.3. The van der Waals surface area contributed by atoms with Gasteiger partial charge in [0.25, 0.3) is 0 Å². The molecule has 0 bridgehead atoms. The van der Waals surface area contributed by atoms with Gasteiger partial charge >= 0.3 is 0 Å². The molecule has 0 aromatic heterocycles. The lowest BCUT2D eigenvalue weighted by Gasteiger charge is -2.10. The minimum absolute atomic E-state index is 0.188. The Bertz CT molecular complexity index is 338. The quantitative estimate of drug-likeness (QED) is 0.836. The van der Waals surface area contributed by atoms with Gasteiger partial charge in [-0.25, -0.2) is 8.78 Å². The van der Waals surface area contributed by atoms with Gasteiger partial charge in [0.05, 0.1) is 13.2 Å². The predicted octanol–water partition coefficient (Wildman–Crippen LogP) is 2.29. The summed E-state index contributed by atoms with van der Waals surface area (Å²) in [5.41, 5.74) is 0.305. The normalized spacial score (nSPS) is 12.6. The first kappa shape index (κ1) is 11.9. The van der Waals surface area contributed by atoms with Crippen LogP contribution in [-0.2, 0) is 6.42 Å². The maximum Gasteiger partial charge on any atom is 0.133 e. The van der Waals surface area contributed by atoms with Crippen molar-refractivity contribution in [1.29, 1.82) is 0 Å². The second-order valence-electron chi connectivity index (χ2n) is 3.46. The van der Waals surface area contributed by atoms with Gasteiger partial charge in [0, 0.05) is 17.7 Å². The van der Waals surface area contributed by atoms with E-state index in [0.717, 1.165) is 12.1 Å². The van der Waals surface area contributed by atoms with Crippen LogP contribution in [0.3, 0.4) is 0 Å². The Balaban J connectivity index is 2.93. The number of hydrogen-bond donors (Lipinski definition) is 1. The van der Waals surface area contributed by atoms with Crippen LogP contribution in [0.5, 0.6) is 5.75 Å². The number of benzene rings is 1. The van der Waals surface area contributed by atoms with E-state index >= 15 is 0 Å². The zero-order chi connectivity index (χ0) is 11.4. The van der Waals surface area contributed by atoms with E-state index in [2.05, 4.69) is 0 Å². The molecule has 2 nitrogen and oxygen atoms in total. The summed E-state index contributed by atoms with van der Waals surface area (Å²) in [7, 11) is 1.36. The highest BCUT2D eigenvalue weighted by atomic mass is 19.1. The van der Waals surface area contributed by atoms with E-state index in [4.69, 9.17) is 9.84 Å². The van der Waals surface area contributed by atoms with E-state index in [9.17, 15) is 8.78 Å². The smallest absolute Gasteiger partial charge is 0.133 e. The van der Waals surface area contributed by atoms with Crippen molar-refractivity contribution in [2.24, 2.45) is 0 Å². The molecule has 1 aromatic carbocycles. The molecule has 0 aliphatic heterocycles. The highest BCUT2D eigenvalue weighted by Crippen LogP contribution is 2.24. The lowest BCUT2D eigenvalue weighted by atomic mass is 10.1. The number of ether oxygens (including phenoxy) is 1. The second-order valence-corrected chi connectivity index (χ2v) is 3.46. The van der Waals surface area contributed by atoms with Gasteiger partial charge in [-0.15, -0.1) is 0 Å². The molecule has 0 aliphatic rings. The summed E-state index contributed by atoms with van der Waals surface area (Å²) >= 11 is 0. The Hall–Kier alpha value is -1.16. The summed E-state index contributed by atoms with van der Waals surface area (Å²) in [4.78, 5) is 0. The molecule has 0 heterocycles. The molecule has 0 radical (unpaired) electrons. The van der Waals surface area contributed by atoms with Gasteiger partial charge in [-0.3, -0.25) is 0 Å². The van der Waals surface area contributed by atoms with E-state index in [1.165, 1.54) is 7.11 Å². The molecule has 1 N–H and O–H groups in total. The van der Waals surface area contributed by atoms with E-state index in [-0.39, 0.29) is 5.75 Å². The number of methoxy groups -OCH3 is 1. The monoisotopic (exact) mass is 216 g/mol. The fraction of sp³-hybridized carbons (Fsp3) is 0.455. The Morgan fingerprint density at radius 3 is 2.60 bits per heavy atom. The van der Waals surface area contributed by atoms with Crippen molar-refractivity contribution < 1.29 is 18.6 Å². The number of rotatable bonds is 4. The Labute approximate surface area is 87.5 Å². The van der Waals surface area contributed by atoms with Crippen molar-refractivity contribution in [2.45, 2.75) is 25.9 Å². The van der Waals surface area contributed by atoms with Gasteiger partial charge in [-0.1, -0.05) is 0 Å². The molecule has 4 heteroatoms. The van der Waals surface area contributed by atoms with Crippen LogP contribution in [-0.4, -0.2) is 18.3 Å². The molecular formula is C11H14F2O2. The second kappa shape index (κ2) is 5.07. The Kier molecular flexibility index (Phi) is 4.03. The third-order valence-electron chi connectivity index (χ3n) is 2.15. The number of halogens is 2. The average Bonchev–Trinajstić information content (AvgIpc) is 2.14. The molecule has 15 heavy (non-hydrogen) atoms. The summed E-state index contributed by atoms with van der Waals surface area (Å²) in [6, 6.07) is 1.96. The highest BCUT2D eigenvalue weighted by Gasteiger charge is 2.12. The topological polar surface area (TPSA) is 29.5 Å². The van der Waals surface area contributed by atoms with Crippen LogP contribution in [0.1, 0.15) is 18.9 Å². The Morgan fingerprint density at radius 1 is 1.40 bits per heavy atom. The molecule has 1 rings (SSSR count). The van der Waals surface area contributed by atoms with Gasteiger partial charge in [0.15, 0.2) is 0 Å². The van der Waals surface area contributed by atoms with E-state index in [0.29, 0.717) is 18.4 Å². The molecule has 0 spiro atoms. The fourth-order valence-corrected chi connectivity index (χ4v) is 1.36. The van der Waals surface area contributed by atoms with E-state index < -0.39 is 17.7 Å². The molecule has 0 fully saturated rings. The fourth-order valence-electron chi connectivity index (χ4n) is 1.36. The van der Waals surface area contributed by atoms with Gasteiger partial charge in [-0.2, -0.15) is 0 Å². The average molecular weight is 216 g/mol. The van der Waals surface area contributed by atoms with Crippen LogP contribution in [0.25, 0.3) is 0 Å². The molecule has 1 atom stereocenters. The number of aliphatic hydroxyl groups is 1. The van der Waals surface area contributed by atoms with Crippen LogP contribution >= 0.6 is 0 Å². The van der Waals surface area contributed by atoms with Crippen LogP contribution in [0.4, 0.5) is 8.78 Å². The predicted molar refractivity (Wildman–Crippen MR) is 52.9 cm³/mol. The molecule has 84 valence electrons. The summed E-state index contributed by atoms with van der Waals surface area (Å²) in [6.45, 7) is 1.62. The molecule has 0 saturated heterocycles. The maximum atomic E-state index is 13.3. The van der Waals surface area contributed by atoms with Gasteiger partial charge in [0.2, 0.25) is 0 Å². The van der Waals surface area contributed by atoms with Crippen LogP contribution in [0.15, 0.2) is 12.1 Å². The first-order valence-electron chi connectivity index (χ1n) is 4.74. The summed E-state index contributed by atoms with van der Waals surface area (Å²) in [5.74, 6) is -1.11. The van der Waals surface area contributed by atoms with Gasteiger partial charge < -0.3 is 9.84 Å². The van der Waals surface area contributed by atoms with E-state index in [1.807, 2.05) is 0 Å². The third kappa shape index (κ3) is 3.16. The largest absolute Gasteiger partial charge is 0.496 e. The van der Waals surface area contributed by atoms with Crippen molar-refractivity contribution in [3.63, 3.8) is 0 Å². The SMILES string of the molecule is COc1cc(F)cc(F)c1CC[C@H](C)O. The lowest BCUT2D eigenvalue weighted by Crippen LogP contribution is -2.04. The van der Waals surface area contributed by atoms with Crippen molar-refractivity contribution in [1.82, 2.24) is 0 Å². The third-order valence-corrected chi connectivity index (χ3v) is 2.15. The standard InChI is InChI=1S/C11H14F2O2/c1-7(14)3-4-9-10(13)5-8(12)6-11(9)15-2/h5-7,14H,3-4H2,1-2H3/t7-/m0/s1.